The lowest BCUT2D eigenvalue weighted by Crippen LogP contribution is -2.34. The number of hydrogen-bond acceptors (Lipinski definition) is 4. The molecule has 0 spiro atoms. The summed E-state index contributed by atoms with van der Waals surface area (Å²) in [7, 11) is 0. The average Bonchev–Trinajstić information content (AvgIpc) is 3.09. The van der Waals surface area contributed by atoms with Gasteiger partial charge < -0.3 is 4.90 Å². The maximum absolute atomic E-state index is 12.2. The molecule has 25 heavy (non-hydrogen) atoms. The van der Waals surface area contributed by atoms with Crippen molar-refractivity contribution in [3.63, 3.8) is 0 Å². The Morgan fingerprint density at radius 3 is 2.56 bits per heavy atom. The second kappa shape index (κ2) is 8.07. The van der Waals surface area contributed by atoms with Crippen molar-refractivity contribution in [1.29, 1.82) is 0 Å². The van der Waals surface area contributed by atoms with E-state index in [1.807, 2.05) is 40.6 Å². The van der Waals surface area contributed by atoms with Gasteiger partial charge in [-0.2, -0.15) is 0 Å². The number of benzene rings is 1. The topological polar surface area (TPSA) is 53.5 Å². The van der Waals surface area contributed by atoms with E-state index < -0.39 is 0 Å². The molecule has 0 aliphatic carbocycles. The first-order valence-electron chi connectivity index (χ1n) is 8.43. The molecule has 3 rings (SSSR count). The fourth-order valence-electron chi connectivity index (χ4n) is 2.84. The summed E-state index contributed by atoms with van der Waals surface area (Å²) in [4.78, 5) is 32.2. The van der Waals surface area contributed by atoms with Crippen molar-refractivity contribution in [2.75, 3.05) is 18.0 Å². The molecule has 0 radical (unpaired) electrons. The highest BCUT2D eigenvalue weighted by molar-refractivity contribution is 7.14. The Kier molecular flexibility index (Phi) is 5.60. The minimum Gasteiger partial charge on any atom is -0.339 e. The third kappa shape index (κ3) is 4.33. The molecule has 1 aliphatic rings. The summed E-state index contributed by atoms with van der Waals surface area (Å²) < 4.78 is 0. The number of thiazole rings is 1. The van der Waals surface area contributed by atoms with E-state index in [0.717, 1.165) is 31.6 Å². The van der Waals surface area contributed by atoms with Crippen molar-refractivity contribution >= 4 is 40.0 Å². The van der Waals surface area contributed by atoms with Gasteiger partial charge in [-0.25, -0.2) is 4.98 Å². The fourth-order valence-corrected chi connectivity index (χ4v) is 3.69. The normalized spacial score (nSPS) is 14.7. The van der Waals surface area contributed by atoms with Gasteiger partial charge in [-0.1, -0.05) is 18.2 Å². The quantitative estimate of drug-likeness (QED) is 0.783. The molecule has 5 nitrogen and oxygen atoms in total. The molecule has 2 aromatic rings. The molecular formula is C19H21N3O2S. The number of piperidine rings is 1. The average molecular weight is 355 g/mol. The van der Waals surface area contributed by atoms with E-state index in [2.05, 4.69) is 4.98 Å². The van der Waals surface area contributed by atoms with E-state index in [1.165, 1.54) is 24.7 Å². The molecule has 1 fully saturated rings. The molecule has 1 aromatic carbocycles. The summed E-state index contributed by atoms with van der Waals surface area (Å²) in [6.07, 6.45) is 6.64. The molecular weight excluding hydrogens is 334 g/mol. The van der Waals surface area contributed by atoms with Crippen molar-refractivity contribution < 1.29 is 9.59 Å². The summed E-state index contributed by atoms with van der Waals surface area (Å²) in [6.45, 7) is 3.18. The Hall–Kier alpha value is -2.47. The van der Waals surface area contributed by atoms with Crippen LogP contribution < -0.4 is 4.90 Å². The van der Waals surface area contributed by atoms with E-state index in [1.54, 1.807) is 17.1 Å². The number of carbonyl (C=O) groups is 2. The molecule has 130 valence electrons. The Morgan fingerprint density at radius 2 is 1.88 bits per heavy atom. The van der Waals surface area contributed by atoms with Gasteiger partial charge in [0.05, 0.1) is 11.4 Å². The molecule has 2 heterocycles. The molecule has 0 atom stereocenters. The second-order valence-electron chi connectivity index (χ2n) is 5.96. The van der Waals surface area contributed by atoms with Gasteiger partial charge in [0.1, 0.15) is 0 Å². The van der Waals surface area contributed by atoms with Crippen LogP contribution >= 0.6 is 11.3 Å². The van der Waals surface area contributed by atoms with Crippen LogP contribution in [0.1, 0.15) is 31.9 Å². The Morgan fingerprint density at radius 1 is 1.16 bits per heavy atom. The number of amides is 2. The number of carbonyl (C=O) groups excluding carboxylic acids is 2. The Balaban J connectivity index is 1.73. The number of likely N-dealkylation sites (tertiary alicyclic amines) is 1. The monoisotopic (exact) mass is 355 g/mol. The van der Waals surface area contributed by atoms with Crippen LogP contribution in [0.25, 0.3) is 6.08 Å². The van der Waals surface area contributed by atoms with Crippen LogP contribution in [0.4, 0.5) is 10.8 Å². The summed E-state index contributed by atoms with van der Waals surface area (Å²) >= 11 is 1.39. The maximum Gasteiger partial charge on any atom is 0.246 e. The minimum absolute atomic E-state index is 0.0285. The first-order chi connectivity index (χ1) is 12.1. The van der Waals surface area contributed by atoms with Crippen LogP contribution in [0, 0.1) is 0 Å². The van der Waals surface area contributed by atoms with Crippen LogP contribution in [0.3, 0.4) is 0 Å². The number of nitrogens with zero attached hydrogens (tertiary/aromatic N) is 3. The SMILES string of the molecule is CC(=O)N(c1ccccc1)c1nc(/C=C/C(=O)N2CCCCC2)cs1. The summed E-state index contributed by atoms with van der Waals surface area (Å²) in [6, 6.07) is 9.42. The summed E-state index contributed by atoms with van der Waals surface area (Å²) in [5.74, 6) is -0.0683. The first kappa shape index (κ1) is 17.4. The lowest BCUT2D eigenvalue weighted by molar-refractivity contribution is -0.126. The van der Waals surface area contributed by atoms with E-state index in [4.69, 9.17) is 0 Å². The number of aromatic nitrogens is 1. The zero-order chi connectivity index (χ0) is 17.6. The number of rotatable bonds is 4. The second-order valence-corrected chi connectivity index (χ2v) is 6.80. The third-order valence-corrected chi connectivity index (χ3v) is 4.94. The van der Waals surface area contributed by atoms with Crippen LogP contribution in [-0.2, 0) is 9.59 Å². The van der Waals surface area contributed by atoms with E-state index in [9.17, 15) is 9.59 Å². The molecule has 0 unspecified atom stereocenters. The number of anilines is 2. The highest BCUT2D eigenvalue weighted by atomic mass is 32.1. The third-order valence-electron chi connectivity index (χ3n) is 4.09. The first-order valence-corrected chi connectivity index (χ1v) is 9.31. The maximum atomic E-state index is 12.2. The molecule has 0 bridgehead atoms. The fraction of sp³-hybridized carbons (Fsp3) is 0.316. The van der Waals surface area contributed by atoms with Crippen LogP contribution in [-0.4, -0.2) is 34.8 Å². The Labute approximate surface area is 151 Å². The van der Waals surface area contributed by atoms with Crippen LogP contribution in [0.5, 0.6) is 0 Å². The Bertz CT molecular complexity index is 764. The lowest BCUT2D eigenvalue weighted by atomic mass is 10.1. The zero-order valence-corrected chi connectivity index (χ0v) is 15.0. The van der Waals surface area contributed by atoms with Gasteiger partial charge in [-0.05, 0) is 37.5 Å². The van der Waals surface area contributed by atoms with Gasteiger partial charge in [-0.3, -0.25) is 14.5 Å². The van der Waals surface area contributed by atoms with Gasteiger partial charge in [0, 0.05) is 31.5 Å². The van der Waals surface area contributed by atoms with Crippen molar-refractivity contribution in [2.24, 2.45) is 0 Å². The van der Waals surface area contributed by atoms with E-state index >= 15 is 0 Å². The van der Waals surface area contributed by atoms with Gasteiger partial charge in [0.15, 0.2) is 5.13 Å². The predicted octanol–water partition coefficient (Wildman–Crippen LogP) is 3.85. The largest absolute Gasteiger partial charge is 0.339 e. The number of hydrogen-bond donors (Lipinski definition) is 0. The van der Waals surface area contributed by atoms with Gasteiger partial charge in [0.25, 0.3) is 0 Å². The smallest absolute Gasteiger partial charge is 0.246 e. The minimum atomic E-state index is -0.0968. The highest BCUT2D eigenvalue weighted by Crippen LogP contribution is 2.29. The van der Waals surface area contributed by atoms with Crippen LogP contribution in [0.2, 0.25) is 0 Å². The molecule has 1 aliphatic heterocycles. The standard InChI is InChI=1S/C19H21N3O2S/c1-15(23)22(17-8-4-2-5-9-17)19-20-16(14-25-19)10-11-18(24)21-12-6-3-7-13-21/h2,4-5,8-11,14H,3,6-7,12-13H2,1H3/b11-10+. The van der Waals surface area contributed by atoms with Crippen molar-refractivity contribution in [1.82, 2.24) is 9.88 Å². The van der Waals surface area contributed by atoms with Gasteiger partial charge >= 0.3 is 0 Å². The summed E-state index contributed by atoms with van der Waals surface area (Å²) in [5, 5.41) is 2.46. The molecule has 2 amide bonds. The zero-order valence-electron chi connectivity index (χ0n) is 14.2. The van der Waals surface area contributed by atoms with Gasteiger partial charge in [0.2, 0.25) is 11.8 Å². The van der Waals surface area contributed by atoms with Crippen molar-refractivity contribution in [3.05, 3.63) is 47.5 Å². The van der Waals surface area contributed by atoms with E-state index in [-0.39, 0.29) is 11.8 Å². The molecule has 1 saturated heterocycles. The molecule has 1 aromatic heterocycles. The van der Waals surface area contributed by atoms with E-state index in [0.29, 0.717) is 10.8 Å². The van der Waals surface area contributed by atoms with Crippen molar-refractivity contribution in [2.45, 2.75) is 26.2 Å². The molecule has 0 saturated carbocycles. The highest BCUT2D eigenvalue weighted by Gasteiger charge is 2.17. The van der Waals surface area contributed by atoms with Gasteiger partial charge in [-0.15, -0.1) is 11.3 Å². The molecule has 0 N–H and O–H groups in total. The summed E-state index contributed by atoms with van der Waals surface area (Å²) in [5.41, 5.74) is 1.47. The predicted molar refractivity (Wildman–Crippen MR) is 101 cm³/mol. The van der Waals surface area contributed by atoms with Crippen molar-refractivity contribution in [3.8, 4) is 0 Å². The molecule has 6 heteroatoms. The number of para-hydroxylation sites is 1. The van der Waals surface area contributed by atoms with Crippen LogP contribution in [0.15, 0.2) is 41.8 Å². The lowest BCUT2D eigenvalue weighted by Gasteiger charge is -2.25.